The monoisotopic (exact) mass is 405 g/mol. The maximum Gasteiger partial charge on any atom is 0.289 e. The molecule has 30 heavy (non-hydrogen) atoms. The third kappa shape index (κ3) is 3.35. The molecule has 7 nitrogen and oxygen atoms in total. The van der Waals surface area contributed by atoms with Crippen LogP contribution in [0.25, 0.3) is 11.1 Å². The molecule has 1 fully saturated rings. The van der Waals surface area contributed by atoms with Crippen LogP contribution >= 0.6 is 0 Å². The number of hydrogen-bond donors (Lipinski definition) is 0. The number of furan rings is 1. The molecule has 3 aromatic rings. The van der Waals surface area contributed by atoms with Gasteiger partial charge in [0.15, 0.2) is 5.76 Å². The zero-order chi connectivity index (χ0) is 20.7. The van der Waals surface area contributed by atoms with Crippen molar-refractivity contribution in [1.82, 2.24) is 14.5 Å². The van der Waals surface area contributed by atoms with Gasteiger partial charge in [0.1, 0.15) is 12.4 Å². The number of pyridine rings is 2. The molecule has 2 aliphatic heterocycles. The molecule has 0 saturated carbocycles. The first-order valence-corrected chi connectivity index (χ1v) is 10.1. The van der Waals surface area contributed by atoms with E-state index in [1.165, 1.54) is 0 Å². The highest BCUT2D eigenvalue weighted by Crippen LogP contribution is 2.37. The lowest BCUT2D eigenvalue weighted by Crippen LogP contribution is -2.49. The van der Waals surface area contributed by atoms with Gasteiger partial charge in [-0.25, -0.2) is 0 Å². The number of fused-ring (bicyclic) bond motifs is 4. The second-order valence-corrected chi connectivity index (χ2v) is 8.07. The summed E-state index contributed by atoms with van der Waals surface area (Å²) < 4.78 is 12.6. The SMILES string of the molecule is COCc1ccc(C(=O)N2C[C@@H]3C[C@H](C2)c2cc(-c4cccnc4)cc(=O)n2C3)o1. The standard InChI is InChI=1S/C23H23N3O4/c1-29-14-19-4-5-21(30-19)23(28)25-11-15-7-18(13-25)20-8-17(9-22(27)26(20)12-15)16-3-2-6-24-10-16/h2-6,8-10,15,18H,7,11-14H2,1H3/t15-,18+/m0/s1. The molecule has 2 aliphatic rings. The van der Waals surface area contributed by atoms with Crippen LogP contribution in [0.4, 0.5) is 0 Å². The maximum atomic E-state index is 13.0. The van der Waals surface area contributed by atoms with Gasteiger partial charge in [0.2, 0.25) is 0 Å². The molecule has 2 bridgehead atoms. The first kappa shape index (κ1) is 18.8. The van der Waals surface area contributed by atoms with Crippen LogP contribution in [0, 0.1) is 5.92 Å². The summed E-state index contributed by atoms with van der Waals surface area (Å²) >= 11 is 0. The number of nitrogens with zero attached hydrogens (tertiary/aromatic N) is 3. The van der Waals surface area contributed by atoms with Crippen LogP contribution in [0.2, 0.25) is 0 Å². The minimum atomic E-state index is -0.105. The van der Waals surface area contributed by atoms with Gasteiger partial charge in [-0.3, -0.25) is 14.6 Å². The second kappa shape index (κ2) is 7.57. The maximum absolute atomic E-state index is 13.0. The Kier molecular flexibility index (Phi) is 4.75. The number of likely N-dealkylation sites (tertiary alicyclic amines) is 1. The Bertz CT molecular complexity index is 1130. The number of aromatic nitrogens is 2. The molecule has 0 aromatic carbocycles. The van der Waals surface area contributed by atoms with Gasteiger partial charge >= 0.3 is 0 Å². The summed E-state index contributed by atoms with van der Waals surface area (Å²) in [6.45, 7) is 2.18. The lowest BCUT2D eigenvalue weighted by Gasteiger charge is -2.42. The highest BCUT2D eigenvalue weighted by Gasteiger charge is 2.37. The van der Waals surface area contributed by atoms with E-state index in [1.54, 1.807) is 37.7 Å². The van der Waals surface area contributed by atoms with E-state index in [1.807, 2.05) is 21.6 Å². The highest BCUT2D eigenvalue weighted by atomic mass is 16.5. The number of ether oxygens (including phenoxy) is 1. The van der Waals surface area contributed by atoms with Crippen LogP contribution in [-0.2, 0) is 17.9 Å². The summed E-state index contributed by atoms with van der Waals surface area (Å²) in [6, 6.07) is 11.1. The van der Waals surface area contributed by atoms with Gasteiger partial charge in [0, 0.05) is 62.4 Å². The van der Waals surface area contributed by atoms with Gasteiger partial charge < -0.3 is 18.6 Å². The predicted octanol–water partition coefficient (Wildman–Crippen LogP) is 2.91. The molecule has 3 aromatic heterocycles. The smallest absolute Gasteiger partial charge is 0.289 e. The zero-order valence-electron chi connectivity index (χ0n) is 16.8. The first-order chi connectivity index (χ1) is 14.6. The van der Waals surface area contributed by atoms with Crippen LogP contribution in [0.1, 0.15) is 34.3 Å². The largest absolute Gasteiger partial charge is 0.453 e. The van der Waals surface area contributed by atoms with E-state index in [2.05, 4.69) is 11.1 Å². The number of piperidine rings is 1. The molecule has 1 amide bonds. The summed E-state index contributed by atoms with van der Waals surface area (Å²) in [7, 11) is 1.59. The molecule has 7 heteroatoms. The van der Waals surface area contributed by atoms with Gasteiger partial charge in [-0.2, -0.15) is 0 Å². The first-order valence-electron chi connectivity index (χ1n) is 10.1. The Balaban J connectivity index is 1.44. The van der Waals surface area contributed by atoms with Crippen LogP contribution in [0.5, 0.6) is 0 Å². The fraction of sp³-hybridized carbons (Fsp3) is 0.348. The van der Waals surface area contributed by atoms with Crippen molar-refractivity contribution in [3.05, 3.63) is 76.4 Å². The molecular formula is C23H23N3O4. The van der Waals surface area contributed by atoms with Crippen LogP contribution in [0.3, 0.4) is 0 Å². The van der Waals surface area contributed by atoms with Crippen molar-refractivity contribution in [2.75, 3.05) is 20.2 Å². The predicted molar refractivity (Wildman–Crippen MR) is 110 cm³/mol. The molecule has 0 spiro atoms. The van der Waals surface area contributed by atoms with Crippen molar-refractivity contribution in [2.24, 2.45) is 5.92 Å². The zero-order valence-corrected chi connectivity index (χ0v) is 16.8. The summed E-state index contributed by atoms with van der Waals surface area (Å²) in [5.41, 5.74) is 2.80. The molecule has 5 heterocycles. The van der Waals surface area contributed by atoms with Crippen LogP contribution < -0.4 is 5.56 Å². The topological polar surface area (TPSA) is 77.6 Å². The van der Waals surface area contributed by atoms with E-state index in [4.69, 9.17) is 9.15 Å². The van der Waals surface area contributed by atoms with Gasteiger partial charge in [0.05, 0.1) is 0 Å². The molecule has 2 atom stereocenters. The Morgan fingerprint density at radius 2 is 2.10 bits per heavy atom. The van der Waals surface area contributed by atoms with Gasteiger partial charge in [-0.05, 0) is 42.2 Å². The van der Waals surface area contributed by atoms with Crippen molar-refractivity contribution < 1.29 is 13.9 Å². The normalized spacial score (nSPS) is 20.1. The molecule has 5 rings (SSSR count). The number of amides is 1. The quantitative estimate of drug-likeness (QED) is 0.667. The lowest BCUT2D eigenvalue weighted by atomic mass is 9.82. The molecule has 0 N–H and O–H groups in total. The van der Waals surface area contributed by atoms with Gasteiger partial charge in [0.25, 0.3) is 11.5 Å². The van der Waals surface area contributed by atoms with Crippen molar-refractivity contribution in [3.8, 4) is 11.1 Å². The van der Waals surface area contributed by atoms with Crippen LogP contribution in [-0.4, -0.2) is 40.6 Å². The molecule has 0 radical (unpaired) electrons. The third-order valence-electron chi connectivity index (χ3n) is 6.00. The summed E-state index contributed by atoms with van der Waals surface area (Å²) in [4.78, 5) is 31.9. The Morgan fingerprint density at radius 3 is 2.90 bits per heavy atom. The van der Waals surface area contributed by atoms with E-state index in [0.717, 1.165) is 23.2 Å². The van der Waals surface area contributed by atoms with Gasteiger partial charge in [-0.1, -0.05) is 6.07 Å². The highest BCUT2D eigenvalue weighted by molar-refractivity contribution is 5.91. The van der Waals surface area contributed by atoms with E-state index in [9.17, 15) is 9.59 Å². The van der Waals surface area contributed by atoms with E-state index < -0.39 is 0 Å². The fourth-order valence-corrected chi connectivity index (χ4v) is 4.69. The Morgan fingerprint density at radius 1 is 1.20 bits per heavy atom. The summed E-state index contributed by atoms with van der Waals surface area (Å²) in [5, 5.41) is 0. The molecule has 1 saturated heterocycles. The van der Waals surface area contributed by atoms with Crippen LogP contribution in [0.15, 0.2) is 58.0 Å². The molecular weight excluding hydrogens is 382 g/mol. The number of rotatable bonds is 4. The van der Waals surface area contributed by atoms with Crippen molar-refractivity contribution in [3.63, 3.8) is 0 Å². The van der Waals surface area contributed by atoms with Gasteiger partial charge in [-0.15, -0.1) is 0 Å². The van der Waals surface area contributed by atoms with E-state index in [0.29, 0.717) is 37.8 Å². The summed E-state index contributed by atoms with van der Waals surface area (Å²) in [6.07, 6.45) is 4.46. The Hall–Kier alpha value is -3.19. The lowest BCUT2D eigenvalue weighted by molar-refractivity contribution is 0.0557. The molecule has 0 aliphatic carbocycles. The third-order valence-corrected chi connectivity index (χ3v) is 6.00. The molecule has 154 valence electrons. The number of hydrogen-bond acceptors (Lipinski definition) is 5. The Labute approximate surface area is 173 Å². The average Bonchev–Trinajstić information content (AvgIpc) is 3.23. The van der Waals surface area contributed by atoms with E-state index >= 15 is 0 Å². The summed E-state index contributed by atoms with van der Waals surface area (Å²) in [5.74, 6) is 1.25. The molecule has 0 unspecified atom stereocenters. The second-order valence-electron chi connectivity index (χ2n) is 8.07. The van der Waals surface area contributed by atoms with Crippen molar-refractivity contribution in [2.45, 2.75) is 25.5 Å². The number of methoxy groups -OCH3 is 1. The minimum Gasteiger partial charge on any atom is -0.453 e. The van der Waals surface area contributed by atoms with Crippen molar-refractivity contribution >= 4 is 5.91 Å². The number of carbonyl (C=O) groups is 1. The minimum absolute atomic E-state index is 0.0103. The van der Waals surface area contributed by atoms with Crippen molar-refractivity contribution in [1.29, 1.82) is 0 Å². The van der Waals surface area contributed by atoms with E-state index in [-0.39, 0.29) is 23.3 Å². The number of carbonyl (C=O) groups excluding carboxylic acids is 1. The fourth-order valence-electron chi connectivity index (χ4n) is 4.69. The average molecular weight is 405 g/mol.